The van der Waals surface area contributed by atoms with E-state index in [1.165, 1.54) is 12.8 Å². The molecule has 0 bridgehead atoms. The predicted molar refractivity (Wildman–Crippen MR) is 60.3 cm³/mol. The Morgan fingerprint density at radius 2 is 2.14 bits per heavy atom. The number of rotatable bonds is 7. The Balaban J connectivity index is 4.09. The lowest BCUT2D eigenvalue weighted by atomic mass is 9.97. The molecule has 0 aromatic carbocycles. The van der Waals surface area contributed by atoms with E-state index in [4.69, 9.17) is 9.84 Å². The van der Waals surface area contributed by atoms with E-state index in [1.807, 2.05) is 6.92 Å². The zero-order chi connectivity index (χ0) is 11.0. The first-order chi connectivity index (χ1) is 6.65. The number of hydrogen-bond donors (Lipinski definition) is 1. The van der Waals surface area contributed by atoms with Crippen LogP contribution >= 0.6 is 0 Å². The van der Waals surface area contributed by atoms with Crippen molar-refractivity contribution >= 4 is 0 Å². The maximum Gasteiger partial charge on any atom is 0.0639 e. The average Bonchev–Trinajstić information content (AvgIpc) is 2.18. The number of hydrogen-bond acceptors (Lipinski definition) is 2. The van der Waals surface area contributed by atoms with Gasteiger partial charge < -0.3 is 9.84 Å². The molecular formula is C12H24O2. The maximum atomic E-state index is 8.91. The number of unbranched alkanes of at least 4 members (excludes halogenated alkanes) is 1. The van der Waals surface area contributed by atoms with E-state index in [9.17, 15) is 0 Å². The van der Waals surface area contributed by atoms with Gasteiger partial charge in [-0.1, -0.05) is 38.3 Å². The zero-order valence-corrected chi connectivity index (χ0v) is 9.92. The highest BCUT2D eigenvalue weighted by molar-refractivity contribution is 5.01. The van der Waals surface area contributed by atoms with Crippen molar-refractivity contribution in [2.45, 2.75) is 46.1 Å². The number of aliphatic hydroxyl groups is 1. The van der Waals surface area contributed by atoms with Crippen LogP contribution in [-0.4, -0.2) is 24.9 Å². The van der Waals surface area contributed by atoms with Crippen LogP contribution in [0.3, 0.4) is 0 Å². The molecule has 0 aromatic heterocycles. The molecule has 0 aliphatic rings. The van der Waals surface area contributed by atoms with Gasteiger partial charge in [0.05, 0.1) is 12.7 Å². The Bertz CT molecular complexity index is 164. The largest absolute Gasteiger partial charge is 0.392 e. The van der Waals surface area contributed by atoms with Gasteiger partial charge in [0.2, 0.25) is 0 Å². The van der Waals surface area contributed by atoms with Crippen LogP contribution in [0.4, 0.5) is 0 Å². The Labute approximate surface area is 88.0 Å². The van der Waals surface area contributed by atoms with Gasteiger partial charge in [0.15, 0.2) is 0 Å². The monoisotopic (exact) mass is 200 g/mol. The summed E-state index contributed by atoms with van der Waals surface area (Å²) in [5.41, 5.74) is 1.02. The minimum atomic E-state index is 0.147. The number of aliphatic hydroxyl groups excluding tert-OH is 1. The fraction of sp³-hybridized carbons (Fsp3) is 0.833. The quantitative estimate of drug-likeness (QED) is 0.640. The number of ether oxygens (including phenoxy) is 1. The van der Waals surface area contributed by atoms with Gasteiger partial charge in [-0.15, -0.1) is 0 Å². The molecule has 1 N–H and O–H groups in total. The van der Waals surface area contributed by atoms with Crippen LogP contribution in [-0.2, 0) is 4.74 Å². The lowest BCUT2D eigenvalue weighted by Gasteiger charge is -2.20. The topological polar surface area (TPSA) is 29.5 Å². The summed E-state index contributed by atoms with van der Waals surface area (Å²) in [6.07, 6.45) is 5.90. The lowest BCUT2D eigenvalue weighted by molar-refractivity contribution is 0.0650. The van der Waals surface area contributed by atoms with Crippen molar-refractivity contribution in [2.24, 2.45) is 5.92 Å². The molecule has 0 aliphatic carbocycles. The molecule has 0 heterocycles. The fourth-order valence-electron chi connectivity index (χ4n) is 1.61. The Hall–Kier alpha value is -0.340. The van der Waals surface area contributed by atoms with Crippen LogP contribution in [0.2, 0.25) is 0 Å². The van der Waals surface area contributed by atoms with Crippen molar-refractivity contribution in [1.82, 2.24) is 0 Å². The van der Waals surface area contributed by atoms with Crippen LogP contribution in [0.1, 0.15) is 40.0 Å². The predicted octanol–water partition coefficient (Wildman–Crippen LogP) is 2.77. The van der Waals surface area contributed by atoms with Crippen molar-refractivity contribution in [3.05, 3.63) is 11.6 Å². The molecule has 0 fully saturated rings. The summed E-state index contributed by atoms with van der Waals surface area (Å²) in [4.78, 5) is 0. The van der Waals surface area contributed by atoms with Gasteiger partial charge in [-0.25, -0.2) is 0 Å². The van der Waals surface area contributed by atoms with Crippen LogP contribution in [0, 0.1) is 5.92 Å². The van der Waals surface area contributed by atoms with Crippen molar-refractivity contribution in [2.75, 3.05) is 13.7 Å². The molecule has 0 saturated heterocycles. The third-order valence-corrected chi connectivity index (χ3v) is 2.53. The molecule has 2 nitrogen and oxygen atoms in total. The standard InChI is InChI=1S/C12H24O2/c1-5-6-7-12(14-4)11(3)8-10(2)9-13/h8,11-13H,5-7,9H2,1-4H3/b10-8+. The van der Waals surface area contributed by atoms with Gasteiger partial charge in [-0.2, -0.15) is 0 Å². The Kier molecular flexibility index (Phi) is 7.81. The molecule has 84 valence electrons. The third-order valence-electron chi connectivity index (χ3n) is 2.53. The second-order valence-electron chi connectivity index (χ2n) is 3.95. The fourth-order valence-corrected chi connectivity index (χ4v) is 1.61. The summed E-state index contributed by atoms with van der Waals surface area (Å²) < 4.78 is 5.43. The van der Waals surface area contributed by atoms with Gasteiger partial charge in [0, 0.05) is 13.0 Å². The van der Waals surface area contributed by atoms with Crippen LogP contribution in [0.5, 0.6) is 0 Å². The molecule has 2 heteroatoms. The first-order valence-corrected chi connectivity index (χ1v) is 5.46. The smallest absolute Gasteiger partial charge is 0.0639 e. The molecule has 2 unspecified atom stereocenters. The van der Waals surface area contributed by atoms with Gasteiger partial charge in [-0.3, -0.25) is 0 Å². The minimum absolute atomic E-state index is 0.147. The highest BCUT2D eigenvalue weighted by atomic mass is 16.5. The maximum absolute atomic E-state index is 8.91. The average molecular weight is 200 g/mol. The molecule has 0 spiro atoms. The van der Waals surface area contributed by atoms with E-state index in [1.54, 1.807) is 7.11 Å². The van der Waals surface area contributed by atoms with Gasteiger partial charge in [0.1, 0.15) is 0 Å². The highest BCUT2D eigenvalue weighted by Crippen LogP contribution is 2.16. The summed E-state index contributed by atoms with van der Waals surface area (Å²) in [6.45, 7) is 6.42. The highest BCUT2D eigenvalue weighted by Gasteiger charge is 2.13. The van der Waals surface area contributed by atoms with E-state index < -0.39 is 0 Å². The van der Waals surface area contributed by atoms with Crippen LogP contribution in [0.25, 0.3) is 0 Å². The van der Waals surface area contributed by atoms with E-state index in [-0.39, 0.29) is 12.7 Å². The van der Waals surface area contributed by atoms with Crippen LogP contribution in [0.15, 0.2) is 11.6 Å². The van der Waals surface area contributed by atoms with Crippen molar-refractivity contribution in [3.8, 4) is 0 Å². The van der Waals surface area contributed by atoms with E-state index in [2.05, 4.69) is 19.9 Å². The molecule has 14 heavy (non-hydrogen) atoms. The molecule has 0 aromatic rings. The molecule has 0 rings (SSSR count). The van der Waals surface area contributed by atoms with Crippen molar-refractivity contribution in [1.29, 1.82) is 0 Å². The van der Waals surface area contributed by atoms with Crippen LogP contribution < -0.4 is 0 Å². The Morgan fingerprint density at radius 3 is 2.57 bits per heavy atom. The summed E-state index contributed by atoms with van der Waals surface area (Å²) in [7, 11) is 1.76. The number of methoxy groups -OCH3 is 1. The van der Waals surface area contributed by atoms with Gasteiger partial charge >= 0.3 is 0 Å². The van der Waals surface area contributed by atoms with E-state index in [0.717, 1.165) is 12.0 Å². The summed E-state index contributed by atoms with van der Waals surface area (Å²) in [5, 5.41) is 8.91. The zero-order valence-electron chi connectivity index (χ0n) is 9.92. The second kappa shape index (κ2) is 8.01. The molecule has 0 saturated carbocycles. The van der Waals surface area contributed by atoms with Crippen molar-refractivity contribution in [3.63, 3.8) is 0 Å². The summed E-state index contributed by atoms with van der Waals surface area (Å²) in [6, 6.07) is 0. The van der Waals surface area contributed by atoms with Gasteiger partial charge in [-0.05, 0) is 13.3 Å². The molecular weight excluding hydrogens is 176 g/mol. The molecule has 0 aliphatic heterocycles. The lowest BCUT2D eigenvalue weighted by Crippen LogP contribution is -2.19. The first kappa shape index (κ1) is 13.7. The molecule has 0 radical (unpaired) electrons. The van der Waals surface area contributed by atoms with Gasteiger partial charge in [0.25, 0.3) is 0 Å². The minimum Gasteiger partial charge on any atom is -0.392 e. The third kappa shape index (κ3) is 5.40. The van der Waals surface area contributed by atoms with E-state index >= 15 is 0 Å². The SMILES string of the molecule is CCCCC(OC)C(C)/C=C(\C)CO. The molecule has 2 atom stereocenters. The molecule has 0 amide bonds. The summed E-state index contributed by atoms with van der Waals surface area (Å²) in [5.74, 6) is 0.388. The first-order valence-electron chi connectivity index (χ1n) is 5.46. The second-order valence-corrected chi connectivity index (χ2v) is 3.95. The normalized spacial score (nSPS) is 16.8. The van der Waals surface area contributed by atoms with E-state index in [0.29, 0.717) is 5.92 Å². The summed E-state index contributed by atoms with van der Waals surface area (Å²) >= 11 is 0. The van der Waals surface area contributed by atoms with Crippen molar-refractivity contribution < 1.29 is 9.84 Å². The Morgan fingerprint density at radius 1 is 1.50 bits per heavy atom.